The number of aliphatic imine (C=N–C) groups is 1. The number of aromatic nitrogens is 2. The van der Waals surface area contributed by atoms with E-state index >= 15 is 0 Å². The van der Waals surface area contributed by atoms with E-state index in [1.54, 1.807) is 0 Å². The van der Waals surface area contributed by atoms with Gasteiger partial charge in [0.15, 0.2) is 5.79 Å². The Kier molecular flexibility index (Phi) is 3.56. The highest BCUT2D eigenvalue weighted by molar-refractivity contribution is 5.86. The molecule has 2 aliphatic carbocycles. The fourth-order valence-electron chi connectivity index (χ4n) is 3.25. The maximum Gasteiger partial charge on any atom is 0.222 e. The average Bonchev–Trinajstić information content (AvgIpc) is 3.29. The lowest BCUT2D eigenvalue weighted by Crippen LogP contribution is -2.59. The standard InChI is InChI=1S/C17H24N6/c1-19-16-20-10-13(15(22-16)9-11-5-6-11)14-7-8-21-17(18,23-14)12-3-2-4-12/h7-8,10-12,23H,2-6,9,18H2,1H3,(H,19,20,22). The molecule has 2 saturated carbocycles. The first-order valence-electron chi connectivity index (χ1n) is 8.54. The van der Waals surface area contributed by atoms with Crippen LogP contribution in [-0.2, 0) is 6.42 Å². The van der Waals surface area contributed by atoms with E-state index in [1.807, 2.05) is 25.5 Å². The summed E-state index contributed by atoms with van der Waals surface area (Å²) in [6.07, 6.45) is 12.8. The van der Waals surface area contributed by atoms with Crippen molar-refractivity contribution in [2.45, 2.75) is 44.3 Å². The number of hydrogen-bond donors (Lipinski definition) is 3. The van der Waals surface area contributed by atoms with Crippen molar-refractivity contribution >= 4 is 17.9 Å². The van der Waals surface area contributed by atoms with Crippen molar-refractivity contribution in [3.8, 4) is 0 Å². The SMILES string of the molecule is CNc1ncc(C2=CC=NC(N)(C3CCC3)N2)c(CC2CC2)n1. The van der Waals surface area contributed by atoms with Gasteiger partial charge in [-0.3, -0.25) is 10.7 Å². The lowest BCUT2D eigenvalue weighted by molar-refractivity contribution is 0.156. The molecule has 0 bridgehead atoms. The molecule has 1 aromatic rings. The van der Waals surface area contributed by atoms with Gasteiger partial charge in [0.1, 0.15) is 0 Å². The van der Waals surface area contributed by atoms with E-state index in [0.29, 0.717) is 11.9 Å². The van der Waals surface area contributed by atoms with Crippen molar-refractivity contribution in [1.29, 1.82) is 0 Å². The van der Waals surface area contributed by atoms with E-state index in [1.165, 1.54) is 19.3 Å². The zero-order chi connectivity index (χ0) is 15.9. The fourth-order valence-corrected chi connectivity index (χ4v) is 3.25. The van der Waals surface area contributed by atoms with Gasteiger partial charge in [-0.1, -0.05) is 6.42 Å². The molecule has 1 atom stereocenters. The summed E-state index contributed by atoms with van der Waals surface area (Å²) < 4.78 is 0. The van der Waals surface area contributed by atoms with Crippen LogP contribution in [0.5, 0.6) is 0 Å². The van der Waals surface area contributed by atoms with E-state index in [9.17, 15) is 0 Å². The zero-order valence-electron chi connectivity index (χ0n) is 13.5. The van der Waals surface area contributed by atoms with E-state index in [-0.39, 0.29) is 0 Å². The van der Waals surface area contributed by atoms with Gasteiger partial charge in [0, 0.05) is 36.6 Å². The van der Waals surface area contributed by atoms with Crippen LogP contribution in [0.25, 0.3) is 5.70 Å². The second-order valence-electron chi connectivity index (χ2n) is 6.89. The average molecular weight is 312 g/mol. The first-order chi connectivity index (χ1) is 11.2. The minimum atomic E-state index is -0.680. The molecule has 122 valence electrons. The van der Waals surface area contributed by atoms with Gasteiger partial charge >= 0.3 is 0 Å². The molecule has 1 unspecified atom stereocenters. The molecule has 0 spiro atoms. The molecule has 1 aliphatic heterocycles. The Hall–Kier alpha value is -1.95. The minimum Gasteiger partial charge on any atom is -0.357 e. The number of hydrogen-bond acceptors (Lipinski definition) is 6. The van der Waals surface area contributed by atoms with Gasteiger partial charge in [-0.2, -0.15) is 0 Å². The summed E-state index contributed by atoms with van der Waals surface area (Å²) in [4.78, 5) is 13.6. The highest BCUT2D eigenvalue weighted by atomic mass is 15.3. The van der Waals surface area contributed by atoms with Crippen LogP contribution in [0.3, 0.4) is 0 Å². The van der Waals surface area contributed by atoms with Crippen molar-refractivity contribution < 1.29 is 0 Å². The molecule has 0 aromatic carbocycles. The Bertz CT molecular complexity index is 659. The molecular weight excluding hydrogens is 288 g/mol. The van der Waals surface area contributed by atoms with Gasteiger partial charge in [-0.05, 0) is 44.1 Å². The maximum atomic E-state index is 6.51. The fraction of sp³-hybridized carbons (Fsp3) is 0.588. The van der Waals surface area contributed by atoms with Gasteiger partial charge in [0.2, 0.25) is 5.95 Å². The number of nitrogens with one attached hydrogen (secondary N) is 2. The Morgan fingerprint density at radius 2 is 2.17 bits per heavy atom. The predicted molar refractivity (Wildman–Crippen MR) is 91.9 cm³/mol. The molecule has 6 heteroatoms. The Morgan fingerprint density at radius 3 is 2.83 bits per heavy atom. The summed E-state index contributed by atoms with van der Waals surface area (Å²) in [5.74, 6) is 1.17. The molecule has 6 nitrogen and oxygen atoms in total. The van der Waals surface area contributed by atoms with Crippen molar-refractivity contribution in [2.75, 3.05) is 12.4 Å². The molecule has 2 fully saturated rings. The van der Waals surface area contributed by atoms with Crippen molar-refractivity contribution in [1.82, 2.24) is 15.3 Å². The Balaban J connectivity index is 1.63. The summed E-state index contributed by atoms with van der Waals surface area (Å²) >= 11 is 0. The number of allylic oxidation sites excluding steroid dienone is 1. The van der Waals surface area contributed by atoms with Gasteiger partial charge in [0.25, 0.3) is 0 Å². The number of nitrogens with zero attached hydrogens (tertiary/aromatic N) is 3. The van der Waals surface area contributed by atoms with E-state index < -0.39 is 5.79 Å². The van der Waals surface area contributed by atoms with Crippen LogP contribution in [0.15, 0.2) is 17.3 Å². The van der Waals surface area contributed by atoms with Crippen LogP contribution >= 0.6 is 0 Å². The molecular formula is C17H24N6. The molecule has 3 aliphatic rings. The second kappa shape index (κ2) is 5.60. The molecule has 0 saturated heterocycles. The zero-order valence-corrected chi connectivity index (χ0v) is 13.5. The van der Waals surface area contributed by atoms with Crippen molar-refractivity contribution in [3.63, 3.8) is 0 Å². The second-order valence-corrected chi connectivity index (χ2v) is 6.89. The van der Waals surface area contributed by atoms with Crippen LogP contribution in [-0.4, -0.2) is 29.0 Å². The van der Waals surface area contributed by atoms with Crippen LogP contribution in [0, 0.1) is 11.8 Å². The third-order valence-corrected chi connectivity index (χ3v) is 5.15. The minimum absolute atomic E-state index is 0.409. The lowest BCUT2D eigenvalue weighted by atomic mass is 9.79. The van der Waals surface area contributed by atoms with E-state index in [4.69, 9.17) is 5.73 Å². The first-order valence-corrected chi connectivity index (χ1v) is 8.54. The lowest BCUT2D eigenvalue weighted by Gasteiger charge is -2.42. The van der Waals surface area contributed by atoms with Crippen LogP contribution < -0.4 is 16.4 Å². The third-order valence-electron chi connectivity index (χ3n) is 5.15. The van der Waals surface area contributed by atoms with Crippen LogP contribution in [0.4, 0.5) is 5.95 Å². The largest absolute Gasteiger partial charge is 0.357 e. The van der Waals surface area contributed by atoms with Crippen LogP contribution in [0.2, 0.25) is 0 Å². The molecule has 23 heavy (non-hydrogen) atoms. The monoisotopic (exact) mass is 312 g/mol. The number of rotatable bonds is 5. The third kappa shape index (κ3) is 2.83. The molecule has 4 N–H and O–H groups in total. The smallest absolute Gasteiger partial charge is 0.222 e. The summed E-state index contributed by atoms with van der Waals surface area (Å²) in [5.41, 5.74) is 9.65. The van der Waals surface area contributed by atoms with Gasteiger partial charge in [-0.15, -0.1) is 0 Å². The van der Waals surface area contributed by atoms with Gasteiger partial charge in [-0.25, -0.2) is 9.97 Å². The summed E-state index contributed by atoms with van der Waals surface area (Å²) in [6.45, 7) is 0. The Labute approximate surface area is 136 Å². The van der Waals surface area contributed by atoms with E-state index in [2.05, 4.69) is 25.6 Å². The summed E-state index contributed by atoms with van der Waals surface area (Å²) in [7, 11) is 1.85. The molecule has 0 radical (unpaired) electrons. The quantitative estimate of drug-likeness (QED) is 0.773. The van der Waals surface area contributed by atoms with Crippen molar-refractivity contribution in [3.05, 3.63) is 23.5 Å². The summed E-state index contributed by atoms with van der Waals surface area (Å²) in [5, 5.41) is 6.49. The van der Waals surface area contributed by atoms with Gasteiger partial charge < -0.3 is 10.6 Å². The van der Waals surface area contributed by atoms with Gasteiger partial charge in [0.05, 0.1) is 5.69 Å². The molecule has 0 amide bonds. The Morgan fingerprint density at radius 1 is 1.35 bits per heavy atom. The number of anilines is 1. The summed E-state index contributed by atoms with van der Waals surface area (Å²) in [6, 6.07) is 0. The van der Waals surface area contributed by atoms with E-state index in [0.717, 1.165) is 42.1 Å². The predicted octanol–water partition coefficient (Wildman–Crippen LogP) is 1.90. The molecule has 4 rings (SSSR count). The first kappa shape index (κ1) is 14.6. The molecule has 2 heterocycles. The highest BCUT2D eigenvalue weighted by Crippen LogP contribution is 2.38. The van der Waals surface area contributed by atoms with Crippen LogP contribution in [0.1, 0.15) is 43.4 Å². The van der Waals surface area contributed by atoms with Crippen molar-refractivity contribution in [2.24, 2.45) is 22.6 Å². The topological polar surface area (TPSA) is 88.2 Å². The maximum absolute atomic E-state index is 6.51. The number of nitrogens with two attached hydrogens (primary N) is 1. The molecule has 1 aromatic heterocycles. The normalized spacial score (nSPS) is 27.1. The highest BCUT2D eigenvalue weighted by Gasteiger charge is 2.40.